The van der Waals surface area contributed by atoms with E-state index in [2.05, 4.69) is 4.90 Å². The van der Waals surface area contributed by atoms with Crippen LogP contribution in [0.15, 0.2) is 0 Å². The lowest BCUT2D eigenvalue weighted by molar-refractivity contribution is -0.140. The van der Waals surface area contributed by atoms with Crippen LogP contribution >= 0.6 is 0 Å². The molecule has 0 spiro atoms. The standard InChI is InChI=1S/C20H33N/c1-3-10-18-14(6-1)12-16-8-5-9-17-13-15-7-2-4-11-19(15)21(18)20(16)17/h14-20H,1-13H2/t14-,15-,16+,17+,18+,19+/m0/s1. The van der Waals surface area contributed by atoms with Crippen LogP contribution in [0, 0.1) is 23.7 Å². The number of fused-ring (bicyclic) bond motifs is 4. The predicted octanol–water partition coefficient (Wildman–Crippen LogP) is 5.00. The van der Waals surface area contributed by atoms with Crippen molar-refractivity contribution in [3.8, 4) is 0 Å². The van der Waals surface area contributed by atoms with Crippen LogP contribution in [-0.4, -0.2) is 23.0 Å². The minimum atomic E-state index is 1.01. The van der Waals surface area contributed by atoms with Gasteiger partial charge >= 0.3 is 0 Å². The fraction of sp³-hybridized carbons (Fsp3) is 1.00. The van der Waals surface area contributed by atoms with Crippen LogP contribution in [0.4, 0.5) is 0 Å². The summed E-state index contributed by atoms with van der Waals surface area (Å²) in [7, 11) is 0. The smallest absolute Gasteiger partial charge is 0.0158 e. The Morgan fingerprint density at radius 2 is 0.952 bits per heavy atom. The van der Waals surface area contributed by atoms with Gasteiger partial charge < -0.3 is 0 Å². The minimum Gasteiger partial charge on any atom is -0.293 e. The molecule has 0 aromatic heterocycles. The highest BCUT2D eigenvalue weighted by Crippen LogP contribution is 2.54. The van der Waals surface area contributed by atoms with E-state index in [0.717, 1.165) is 41.8 Å². The number of hydrogen-bond donors (Lipinski definition) is 0. The molecule has 1 heteroatoms. The minimum absolute atomic E-state index is 1.01. The number of rotatable bonds is 0. The summed E-state index contributed by atoms with van der Waals surface area (Å²) in [6.45, 7) is 0. The maximum Gasteiger partial charge on any atom is 0.0158 e. The van der Waals surface area contributed by atoms with Gasteiger partial charge in [0.25, 0.3) is 0 Å². The summed E-state index contributed by atoms with van der Waals surface area (Å²) in [5.41, 5.74) is 0. The average Bonchev–Trinajstić information content (AvgIpc) is 2.54. The lowest BCUT2D eigenvalue weighted by Crippen LogP contribution is -2.67. The van der Waals surface area contributed by atoms with Crippen molar-refractivity contribution in [2.45, 2.75) is 102 Å². The zero-order valence-electron chi connectivity index (χ0n) is 13.7. The first-order valence-electron chi connectivity index (χ1n) is 10.2. The second kappa shape index (κ2) is 5.25. The Balaban J connectivity index is 1.51. The zero-order valence-corrected chi connectivity index (χ0v) is 13.7. The molecule has 5 fully saturated rings. The highest BCUT2D eigenvalue weighted by atomic mass is 15.3. The van der Waals surface area contributed by atoms with Crippen molar-refractivity contribution in [3.63, 3.8) is 0 Å². The lowest BCUT2D eigenvalue weighted by atomic mass is 9.58. The molecule has 2 heterocycles. The first-order valence-corrected chi connectivity index (χ1v) is 10.2. The molecule has 0 radical (unpaired) electrons. The molecule has 2 aliphatic heterocycles. The van der Waals surface area contributed by atoms with E-state index in [1.54, 1.807) is 57.8 Å². The van der Waals surface area contributed by atoms with E-state index in [9.17, 15) is 0 Å². The van der Waals surface area contributed by atoms with Gasteiger partial charge in [0.15, 0.2) is 0 Å². The molecule has 3 saturated carbocycles. The highest BCUT2D eigenvalue weighted by Gasteiger charge is 2.54. The topological polar surface area (TPSA) is 3.24 Å². The van der Waals surface area contributed by atoms with Crippen LogP contribution in [0.3, 0.4) is 0 Å². The molecule has 118 valence electrons. The second-order valence-electron chi connectivity index (χ2n) is 9.08. The van der Waals surface area contributed by atoms with Crippen molar-refractivity contribution >= 4 is 0 Å². The third-order valence-electron chi connectivity index (χ3n) is 8.17. The van der Waals surface area contributed by atoms with Crippen LogP contribution < -0.4 is 0 Å². The van der Waals surface area contributed by atoms with Crippen molar-refractivity contribution in [2.75, 3.05) is 0 Å². The molecule has 0 unspecified atom stereocenters. The summed E-state index contributed by atoms with van der Waals surface area (Å²) in [6.07, 6.45) is 20.2. The SMILES string of the molecule is C1C[C@@H]2C[C@@H]3CCCC[C@H]3N3C2[C@H](C1)C[C@@H]1CCCC[C@H]13. The van der Waals surface area contributed by atoms with Crippen molar-refractivity contribution in [1.82, 2.24) is 4.90 Å². The van der Waals surface area contributed by atoms with Gasteiger partial charge in [0.2, 0.25) is 0 Å². The lowest BCUT2D eigenvalue weighted by Gasteiger charge is -2.63. The normalized spacial score (nSPS) is 53.4. The van der Waals surface area contributed by atoms with E-state index in [4.69, 9.17) is 0 Å². The van der Waals surface area contributed by atoms with Crippen molar-refractivity contribution in [3.05, 3.63) is 0 Å². The molecule has 0 aromatic carbocycles. The van der Waals surface area contributed by atoms with Gasteiger partial charge in [0.1, 0.15) is 0 Å². The van der Waals surface area contributed by atoms with Gasteiger partial charge in [-0.2, -0.15) is 0 Å². The van der Waals surface area contributed by atoms with Crippen molar-refractivity contribution in [2.24, 2.45) is 23.7 Å². The number of piperidine rings is 2. The van der Waals surface area contributed by atoms with Gasteiger partial charge in [0, 0.05) is 18.1 Å². The second-order valence-corrected chi connectivity index (χ2v) is 9.08. The summed E-state index contributed by atoms with van der Waals surface area (Å²) in [6, 6.07) is 3.04. The summed E-state index contributed by atoms with van der Waals surface area (Å²) in [5, 5.41) is 0. The molecule has 6 atom stereocenters. The predicted molar refractivity (Wildman–Crippen MR) is 87.2 cm³/mol. The Morgan fingerprint density at radius 1 is 0.476 bits per heavy atom. The molecule has 0 bridgehead atoms. The number of nitrogens with zero attached hydrogens (tertiary/aromatic N) is 1. The maximum atomic E-state index is 3.22. The Bertz CT molecular complexity index is 357. The van der Waals surface area contributed by atoms with Crippen molar-refractivity contribution < 1.29 is 0 Å². The zero-order chi connectivity index (χ0) is 13.8. The molecule has 0 N–H and O–H groups in total. The van der Waals surface area contributed by atoms with Crippen LogP contribution in [0.5, 0.6) is 0 Å². The van der Waals surface area contributed by atoms with Crippen LogP contribution in [0.25, 0.3) is 0 Å². The summed E-state index contributed by atoms with van der Waals surface area (Å²) in [4.78, 5) is 3.22. The van der Waals surface area contributed by atoms with E-state index in [1.165, 1.54) is 25.7 Å². The monoisotopic (exact) mass is 287 g/mol. The molecule has 2 saturated heterocycles. The first kappa shape index (κ1) is 13.4. The molecule has 1 nitrogen and oxygen atoms in total. The molecule has 21 heavy (non-hydrogen) atoms. The van der Waals surface area contributed by atoms with E-state index in [-0.39, 0.29) is 0 Å². The van der Waals surface area contributed by atoms with E-state index >= 15 is 0 Å². The Kier molecular flexibility index (Phi) is 3.35. The quantitative estimate of drug-likeness (QED) is 0.606. The van der Waals surface area contributed by atoms with E-state index in [0.29, 0.717) is 0 Å². The van der Waals surface area contributed by atoms with Gasteiger partial charge in [0.05, 0.1) is 0 Å². The van der Waals surface area contributed by atoms with Crippen LogP contribution in [0.1, 0.15) is 83.5 Å². The molecule has 5 aliphatic rings. The third kappa shape index (κ3) is 2.06. The molecular weight excluding hydrogens is 254 g/mol. The highest BCUT2D eigenvalue weighted by molar-refractivity contribution is 5.07. The molecule has 0 aromatic rings. The Morgan fingerprint density at radius 3 is 1.52 bits per heavy atom. The largest absolute Gasteiger partial charge is 0.293 e. The van der Waals surface area contributed by atoms with Gasteiger partial charge in [-0.25, -0.2) is 0 Å². The molecule has 5 rings (SSSR count). The molecule has 0 amide bonds. The van der Waals surface area contributed by atoms with Crippen molar-refractivity contribution in [1.29, 1.82) is 0 Å². The average molecular weight is 287 g/mol. The molecular formula is C20H33N. The van der Waals surface area contributed by atoms with Gasteiger partial charge in [-0.15, -0.1) is 0 Å². The first-order chi connectivity index (χ1) is 10.4. The van der Waals surface area contributed by atoms with Gasteiger partial charge in [-0.05, 0) is 75.0 Å². The van der Waals surface area contributed by atoms with E-state index in [1.807, 2.05) is 0 Å². The fourth-order valence-corrected chi connectivity index (χ4v) is 7.55. The molecule has 3 aliphatic carbocycles. The fourth-order valence-electron chi connectivity index (χ4n) is 7.55. The summed E-state index contributed by atoms with van der Waals surface area (Å²) < 4.78 is 0. The third-order valence-corrected chi connectivity index (χ3v) is 8.17. The van der Waals surface area contributed by atoms with Gasteiger partial charge in [-0.3, -0.25) is 4.90 Å². The summed E-state index contributed by atoms with van der Waals surface area (Å²) in [5.74, 6) is 4.34. The number of hydrogen-bond acceptors (Lipinski definition) is 1. The Hall–Kier alpha value is -0.0400. The van der Waals surface area contributed by atoms with Gasteiger partial charge in [-0.1, -0.05) is 32.1 Å². The van der Waals surface area contributed by atoms with E-state index < -0.39 is 0 Å². The summed E-state index contributed by atoms with van der Waals surface area (Å²) >= 11 is 0. The Labute approximate surface area is 130 Å². The van der Waals surface area contributed by atoms with Crippen LogP contribution in [-0.2, 0) is 0 Å². The van der Waals surface area contributed by atoms with Crippen LogP contribution in [0.2, 0.25) is 0 Å². The maximum absolute atomic E-state index is 3.22.